The first-order valence-electron chi connectivity index (χ1n) is 4.97. The highest BCUT2D eigenvalue weighted by molar-refractivity contribution is 5.53. The Bertz CT molecular complexity index is 75.9. The van der Waals surface area contributed by atoms with Gasteiger partial charge in [-0.1, -0.05) is 26.7 Å². The summed E-state index contributed by atoms with van der Waals surface area (Å²) in [4.78, 5) is 3.97. The van der Waals surface area contributed by atoms with Crippen LogP contribution in [0, 0.1) is 0 Å². The van der Waals surface area contributed by atoms with E-state index in [1.165, 1.54) is 19.3 Å². The molecular weight excluding hydrogens is 148 g/mol. The van der Waals surface area contributed by atoms with Crippen molar-refractivity contribution in [2.24, 2.45) is 10.7 Å². The zero-order valence-corrected chi connectivity index (χ0v) is 8.84. The average Bonchev–Trinajstić information content (AvgIpc) is 2.12. The topological polar surface area (TPSA) is 38.4 Å². The van der Waals surface area contributed by atoms with Gasteiger partial charge < -0.3 is 5.73 Å². The van der Waals surface area contributed by atoms with Crippen LogP contribution < -0.4 is 5.73 Å². The fourth-order valence-electron chi connectivity index (χ4n) is 0.653. The number of rotatable bonds is 5. The molecule has 2 N–H and O–H groups in total. The van der Waals surface area contributed by atoms with Gasteiger partial charge in [0, 0.05) is 6.54 Å². The second-order valence-electron chi connectivity index (χ2n) is 2.66. The number of nitrogens with two attached hydrogens (primary N) is 1. The minimum atomic E-state index is 0.855. The maximum absolute atomic E-state index is 5.21. The summed E-state index contributed by atoms with van der Waals surface area (Å²) in [6, 6.07) is 0. The second-order valence-corrected chi connectivity index (χ2v) is 2.66. The molecule has 0 spiro atoms. The molecule has 0 aliphatic rings. The number of unbranched alkanes of at least 4 members (excludes halogenated alkanes) is 2. The van der Waals surface area contributed by atoms with E-state index in [0.29, 0.717) is 0 Å². The van der Waals surface area contributed by atoms with Crippen LogP contribution >= 0.6 is 0 Å². The Labute approximate surface area is 77.3 Å². The van der Waals surface area contributed by atoms with Crippen LogP contribution in [0.2, 0.25) is 0 Å². The van der Waals surface area contributed by atoms with Crippen LogP contribution in [0.25, 0.3) is 0 Å². The highest BCUT2D eigenvalue weighted by Gasteiger charge is 1.75. The predicted octanol–water partition coefficient (Wildman–Crippen LogP) is 2.62. The molecule has 0 aromatic rings. The molecule has 74 valence electrons. The maximum atomic E-state index is 5.21. The van der Waals surface area contributed by atoms with E-state index in [0.717, 1.165) is 19.5 Å². The molecule has 2 heteroatoms. The first kappa shape index (κ1) is 14.2. The van der Waals surface area contributed by atoms with E-state index in [1.807, 2.05) is 13.1 Å². The van der Waals surface area contributed by atoms with E-state index in [-0.39, 0.29) is 0 Å². The summed E-state index contributed by atoms with van der Waals surface area (Å²) in [5.74, 6) is 0. The van der Waals surface area contributed by atoms with Gasteiger partial charge in [-0.25, -0.2) is 0 Å². The lowest BCUT2D eigenvalue weighted by atomic mass is 10.3. The van der Waals surface area contributed by atoms with E-state index in [1.54, 1.807) is 0 Å². The molecule has 0 heterocycles. The molecule has 0 fully saturated rings. The van der Waals surface area contributed by atoms with Crippen LogP contribution in [0.5, 0.6) is 0 Å². The lowest BCUT2D eigenvalue weighted by Gasteiger charge is -1.86. The Balaban J connectivity index is 0. The Hall–Kier alpha value is -0.370. The third-order valence-electron chi connectivity index (χ3n) is 1.34. The summed E-state index contributed by atoms with van der Waals surface area (Å²) < 4.78 is 0. The van der Waals surface area contributed by atoms with Gasteiger partial charge in [-0.15, -0.1) is 0 Å². The number of hydrogen-bond acceptors (Lipinski definition) is 2. The van der Waals surface area contributed by atoms with Crippen molar-refractivity contribution in [3.05, 3.63) is 0 Å². The van der Waals surface area contributed by atoms with Gasteiger partial charge in [-0.3, -0.25) is 4.99 Å². The monoisotopic (exact) mass is 172 g/mol. The predicted molar refractivity (Wildman–Crippen MR) is 57.9 cm³/mol. The Morgan fingerprint density at radius 3 is 2.00 bits per heavy atom. The number of nitrogens with zero attached hydrogens (tertiary/aromatic N) is 1. The molecule has 0 radical (unpaired) electrons. The van der Waals surface area contributed by atoms with E-state index in [9.17, 15) is 0 Å². The molecular formula is C10H24N2. The van der Waals surface area contributed by atoms with E-state index >= 15 is 0 Å². The van der Waals surface area contributed by atoms with Crippen molar-refractivity contribution >= 4 is 6.21 Å². The fourth-order valence-corrected chi connectivity index (χ4v) is 0.653. The third kappa shape index (κ3) is 22.6. The van der Waals surface area contributed by atoms with E-state index < -0.39 is 0 Å². The van der Waals surface area contributed by atoms with E-state index in [4.69, 9.17) is 5.73 Å². The first-order valence-corrected chi connectivity index (χ1v) is 4.97. The lowest BCUT2D eigenvalue weighted by molar-refractivity contribution is 0.727. The maximum Gasteiger partial charge on any atom is 0.0382 e. The van der Waals surface area contributed by atoms with Gasteiger partial charge in [0.1, 0.15) is 0 Å². The Morgan fingerprint density at radius 2 is 1.83 bits per heavy atom. The standard InChI is InChI=1S/C5H11N.C5H13N/c1-3-5-6-4-2;1-2-3-4-5-6/h4H,3,5H2,1-2H3;2-6H2,1H3. The van der Waals surface area contributed by atoms with Gasteiger partial charge in [0.15, 0.2) is 0 Å². The molecule has 0 aromatic carbocycles. The normalized spacial score (nSPS) is 9.67. The minimum Gasteiger partial charge on any atom is -0.330 e. The summed E-state index contributed by atoms with van der Waals surface area (Å²) in [5, 5.41) is 0. The van der Waals surface area contributed by atoms with Crippen molar-refractivity contribution in [3.63, 3.8) is 0 Å². The number of aliphatic imine (C=N–C) groups is 1. The summed E-state index contributed by atoms with van der Waals surface area (Å²) in [6.07, 6.45) is 6.75. The lowest BCUT2D eigenvalue weighted by Crippen LogP contribution is -1.96. The van der Waals surface area contributed by atoms with Gasteiger partial charge >= 0.3 is 0 Å². The van der Waals surface area contributed by atoms with Crippen LogP contribution in [-0.2, 0) is 0 Å². The van der Waals surface area contributed by atoms with Gasteiger partial charge in [0.2, 0.25) is 0 Å². The summed E-state index contributed by atoms with van der Waals surface area (Å²) in [6.45, 7) is 8.07. The molecule has 0 aliphatic heterocycles. The van der Waals surface area contributed by atoms with Gasteiger partial charge in [0.05, 0.1) is 0 Å². The molecule has 0 atom stereocenters. The smallest absolute Gasteiger partial charge is 0.0382 e. The summed E-state index contributed by atoms with van der Waals surface area (Å²) in [7, 11) is 0. The van der Waals surface area contributed by atoms with Crippen LogP contribution in [-0.4, -0.2) is 19.3 Å². The van der Waals surface area contributed by atoms with Crippen LogP contribution in [0.4, 0.5) is 0 Å². The van der Waals surface area contributed by atoms with Crippen molar-refractivity contribution in [1.82, 2.24) is 0 Å². The molecule has 12 heavy (non-hydrogen) atoms. The fraction of sp³-hybridized carbons (Fsp3) is 0.900. The van der Waals surface area contributed by atoms with Crippen molar-refractivity contribution in [2.75, 3.05) is 13.1 Å². The molecule has 0 aromatic heterocycles. The quantitative estimate of drug-likeness (QED) is 0.502. The number of hydrogen-bond donors (Lipinski definition) is 1. The summed E-state index contributed by atoms with van der Waals surface area (Å²) >= 11 is 0. The SMILES string of the molecule is CC=NCCC.CCCCCN. The highest BCUT2D eigenvalue weighted by Crippen LogP contribution is 1.88. The van der Waals surface area contributed by atoms with Crippen LogP contribution in [0.1, 0.15) is 46.5 Å². The third-order valence-corrected chi connectivity index (χ3v) is 1.34. The Kier molecular flexibility index (Phi) is 20.0. The molecule has 2 nitrogen and oxygen atoms in total. The van der Waals surface area contributed by atoms with Crippen molar-refractivity contribution in [2.45, 2.75) is 46.5 Å². The minimum absolute atomic E-state index is 0.855. The Morgan fingerprint density at radius 1 is 1.17 bits per heavy atom. The zero-order chi connectivity index (χ0) is 9.66. The molecule has 0 aliphatic carbocycles. The van der Waals surface area contributed by atoms with E-state index in [2.05, 4.69) is 18.8 Å². The van der Waals surface area contributed by atoms with Gasteiger partial charge in [-0.05, 0) is 32.5 Å². The van der Waals surface area contributed by atoms with Crippen molar-refractivity contribution in [3.8, 4) is 0 Å². The van der Waals surface area contributed by atoms with Crippen LogP contribution in [0.15, 0.2) is 4.99 Å². The van der Waals surface area contributed by atoms with Gasteiger partial charge in [0.25, 0.3) is 0 Å². The first-order chi connectivity index (χ1) is 5.83. The average molecular weight is 172 g/mol. The zero-order valence-electron chi connectivity index (χ0n) is 8.84. The molecule has 0 bridgehead atoms. The van der Waals surface area contributed by atoms with Crippen molar-refractivity contribution in [1.29, 1.82) is 0 Å². The highest BCUT2D eigenvalue weighted by atomic mass is 14.7. The molecule has 0 unspecified atom stereocenters. The molecule has 0 saturated carbocycles. The van der Waals surface area contributed by atoms with Crippen LogP contribution in [0.3, 0.4) is 0 Å². The summed E-state index contributed by atoms with van der Waals surface area (Å²) in [5.41, 5.74) is 5.21. The second kappa shape index (κ2) is 16.9. The molecule has 0 rings (SSSR count). The largest absolute Gasteiger partial charge is 0.330 e. The van der Waals surface area contributed by atoms with Gasteiger partial charge in [-0.2, -0.15) is 0 Å². The molecule has 0 saturated heterocycles. The van der Waals surface area contributed by atoms with Crippen molar-refractivity contribution < 1.29 is 0 Å². The molecule has 0 amide bonds.